The molecule has 100 valence electrons. The summed E-state index contributed by atoms with van der Waals surface area (Å²) < 4.78 is 37.8. The van der Waals surface area contributed by atoms with E-state index >= 15 is 0 Å². The zero-order chi connectivity index (χ0) is 14.0. The van der Waals surface area contributed by atoms with E-state index in [1.165, 1.54) is 6.07 Å². The molecule has 0 aliphatic rings. The minimum Gasteiger partial charge on any atom is -0.253 e. The highest BCUT2D eigenvalue weighted by Crippen LogP contribution is 2.30. The van der Waals surface area contributed by atoms with E-state index in [0.717, 1.165) is 18.0 Å². The quantitative estimate of drug-likeness (QED) is 0.810. The van der Waals surface area contributed by atoms with Crippen molar-refractivity contribution >= 4 is 0 Å². The molecular formula is C14H13F3N2. The van der Waals surface area contributed by atoms with Crippen molar-refractivity contribution in [3.8, 4) is 11.3 Å². The van der Waals surface area contributed by atoms with Gasteiger partial charge < -0.3 is 0 Å². The van der Waals surface area contributed by atoms with Gasteiger partial charge in [0.1, 0.15) is 5.69 Å². The maximum Gasteiger partial charge on any atom is 0.433 e. The molecule has 0 aliphatic carbocycles. The molecule has 2 aromatic rings. The molecule has 2 aromatic heterocycles. The standard InChI is InChI=1S/C14H13F3N2/c1-9(2)11-4-3-5-12(19-11)10-6-7-18-13(8-10)14(15,16)17/h3-9H,1-2H3. The molecule has 5 heteroatoms. The lowest BCUT2D eigenvalue weighted by Gasteiger charge is -2.09. The second kappa shape index (κ2) is 4.99. The van der Waals surface area contributed by atoms with Gasteiger partial charge in [0.25, 0.3) is 0 Å². The predicted molar refractivity (Wildman–Crippen MR) is 66.6 cm³/mol. The Morgan fingerprint density at radius 3 is 2.47 bits per heavy atom. The van der Waals surface area contributed by atoms with Crippen molar-refractivity contribution < 1.29 is 13.2 Å². The zero-order valence-electron chi connectivity index (χ0n) is 10.6. The normalized spacial score (nSPS) is 11.9. The summed E-state index contributed by atoms with van der Waals surface area (Å²) >= 11 is 0. The van der Waals surface area contributed by atoms with E-state index in [0.29, 0.717) is 11.3 Å². The third-order valence-corrected chi connectivity index (χ3v) is 2.71. The molecule has 19 heavy (non-hydrogen) atoms. The molecule has 2 nitrogen and oxygen atoms in total. The van der Waals surface area contributed by atoms with Crippen molar-refractivity contribution in [2.75, 3.05) is 0 Å². The van der Waals surface area contributed by atoms with E-state index in [9.17, 15) is 13.2 Å². The number of hydrogen-bond donors (Lipinski definition) is 0. The first-order chi connectivity index (χ1) is 8.88. The maximum absolute atomic E-state index is 12.6. The molecule has 0 radical (unpaired) electrons. The van der Waals surface area contributed by atoms with Gasteiger partial charge in [0.15, 0.2) is 0 Å². The van der Waals surface area contributed by atoms with Gasteiger partial charge in [-0.3, -0.25) is 9.97 Å². The Morgan fingerprint density at radius 2 is 1.84 bits per heavy atom. The van der Waals surface area contributed by atoms with Gasteiger partial charge in [0.2, 0.25) is 0 Å². The van der Waals surface area contributed by atoms with Crippen molar-refractivity contribution in [1.82, 2.24) is 9.97 Å². The lowest BCUT2D eigenvalue weighted by molar-refractivity contribution is -0.141. The zero-order valence-corrected chi connectivity index (χ0v) is 10.6. The molecule has 0 spiro atoms. The van der Waals surface area contributed by atoms with Crippen LogP contribution in [0.5, 0.6) is 0 Å². The summed E-state index contributed by atoms with van der Waals surface area (Å²) in [6, 6.07) is 7.90. The minimum absolute atomic E-state index is 0.226. The highest BCUT2D eigenvalue weighted by Gasteiger charge is 2.32. The van der Waals surface area contributed by atoms with E-state index in [1.54, 1.807) is 12.1 Å². The van der Waals surface area contributed by atoms with Gasteiger partial charge in [-0.25, -0.2) is 0 Å². The molecular weight excluding hydrogens is 253 g/mol. The van der Waals surface area contributed by atoms with E-state index in [2.05, 4.69) is 9.97 Å². The monoisotopic (exact) mass is 266 g/mol. The van der Waals surface area contributed by atoms with Crippen LogP contribution in [0.25, 0.3) is 11.3 Å². The summed E-state index contributed by atoms with van der Waals surface area (Å²) in [7, 11) is 0. The number of aromatic nitrogens is 2. The molecule has 2 rings (SSSR count). The van der Waals surface area contributed by atoms with Crippen LogP contribution in [-0.2, 0) is 6.18 Å². The van der Waals surface area contributed by atoms with Crippen molar-refractivity contribution in [2.24, 2.45) is 0 Å². The molecule has 0 aliphatic heterocycles. The number of halogens is 3. The Kier molecular flexibility index (Phi) is 3.55. The largest absolute Gasteiger partial charge is 0.433 e. The Bertz CT molecular complexity index is 577. The number of pyridine rings is 2. The molecule has 0 saturated carbocycles. The summed E-state index contributed by atoms with van der Waals surface area (Å²) in [6.07, 6.45) is -3.28. The summed E-state index contributed by atoms with van der Waals surface area (Å²) in [5.74, 6) is 0.226. The second-order valence-electron chi connectivity index (χ2n) is 4.53. The van der Waals surface area contributed by atoms with Crippen LogP contribution in [-0.4, -0.2) is 9.97 Å². The number of hydrogen-bond acceptors (Lipinski definition) is 2. The first-order valence-electron chi connectivity index (χ1n) is 5.88. The van der Waals surface area contributed by atoms with Crippen LogP contribution in [0.4, 0.5) is 13.2 Å². The van der Waals surface area contributed by atoms with Crippen LogP contribution < -0.4 is 0 Å². The average Bonchev–Trinajstić information content (AvgIpc) is 2.38. The maximum atomic E-state index is 12.6. The Labute approximate surface area is 109 Å². The molecule has 0 fully saturated rings. The fourth-order valence-corrected chi connectivity index (χ4v) is 1.68. The van der Waals surface area contributed by atoms with Gasteiger partial charge in [0.05, 0.1) is 5.69 Å². The first kappa shape index (κ1) is 13.5. The molecule has 0 saturated heterocycles. The van der Waals surface area contributed by atoms with Crippen LogP contribution in [0, 0.1) is 0 Å². The summed E-state index contributed by atoms with van der Waals surface area (Å²) in [6.45, 7) is 3.97. The van der Waals surface area contributed by atoms with Crippen LogP contribution in [0.3, 0.4) is 0 Å². The Balaban J connectivity index is 2.45. The highest BCUT2D eigenvalue weighted by molar-refractivity contribution is 5.59. The van der Waals surface area contributed by atoms with Crippen molar-refractivity contribution in [3.63, 3.8) is 0 Å². The van der Waals surface area contributed by atoms with E-state index in [1.807, 2.05) is 19.9 Å². The summed E-state index contributed by atoms with van der Waals surface area (Å²) in [4.78, 5) is 7.71. The van der Waals surface area contributed by atoms with Crippen LogP contribution in [0.2, 0.25) is 0 Å². The Hall–Kier alpha value is -1.91. The lowest BCUT2D eigenvalue weighted by atomic mass is 10.1. The minimum atomic E-state index is -4.44. The highest BCUT2D eigenvalue weighted by atomic mass is 19.4. The van der Waals surface area contributed by atoms with Crippen molar-refractivity contribution in [2.45, 2.75) is 25.9 Å². The van der Waals surface area contributed by atoms with Gasteiger partial charge in [-0.15, -0.1) is 0 Å². The third kappa shape index (κ3) is 3.10. The van der Waals surface area contributed by atoms with Crippen LogP contribution >= 0.6 is 0 Å². The molecule has 0 bridgehead atoms. The van der Waals surface area contributed by atoms with Crippen LogP contribution in [0.15, 0.2) is 36.5 Å². The number of nitrogens with zero attached hydrogens (tertiary/aromatic N) is 2. The van der Waals surface area contributed by atoms with Crippen LogP contribution in [0.1, 0.15) is 31.2 Å². The molecule has 0 atom stereocenters. The van der Waals surface area contributed by atoms with Gasteiger partial charge >= 0.3 is 6.18 Å². The summed E-state index contributed by atoms with van der Waals surface area (Å²) in [5.41, 5.74) is 0.897. The van der Waals surface area contributed by atoms with E-state index in [4.69, 9.17) is 0 Å². The van der Waals surface area contributed by atoms with Gasteiger partial charge in [-0.05, 0) is 30.2 Å². The molecule has 0 N–H and O–H groups in total. The molecule has 0 aromatic carbocycles. The second-order valence-corrected chi connectivity index (χ2v) is 4.53. The fraction of sp³-hybridized carbons (Fsp3) is 0.286. The topological polar surface area (TPSA) is 25.8 Å². The average molecular weight is 266 g/mol. The molecule has 2 heterocycles. The SMILES string of the molecule is CC(C)c1cccc(-c2ccnc(C(F)(F)F)c2)n1. The van der Waals surface area contributed by atoms with Gasteiger partial charge in [0, 0.05) is 17.5 Å². The van der Waals surface area contributed by atoms with E-state index in [-0.39, 0.29) is 5.92 Å². The lowest BCUT2D eigenvalue weighted by Crippen LogP contribution is -2.07. The predicted octanol–water partition coefficient (Wildman–Crippen LogP) is 4.29. The van der Waals surface area contributed by atoms with Gasteiger partial charge in [-0.2, -0.15) is 13.2 Å². The Morgan fingerprint density at radius 1 is 1.11 bits per heavy atom. The van der Waals surface area contributed by atoms with E-state index < -0.39 is 11.9 Å². The number of alkyl halides is 3. The smallest absolute Gasteiger partial charge is 0.253 e. The molecule has 0 amide bonds. The fourth-order valence-electron chi connectivity index (χ4n) is 1.68. The van der Waals surface area contributed by atoms with Crippen molar-refractivity contribution in [3.05, 3.63) is 47.9 Å². The number of rotatable bonds is 2. The third-order valence-electron chi connectivity index (χ3n) is 2.71. The molecule has 0 unspecified atom stereocenters. The first-order valence-corrected chi connectivity index (χ1v) is 5.88. The van der Waals surface area contributed by atoms with Gasteiger partial charge in [-0.1, -0.05) is 19.9 Å². The van der Waals surface area contributed by atoms with Crippen molar-refractivity contribution in [1.29, 1.82) is 0 Å². The summed E-state index contributed by atoms with van der Waals surface area (Å²) in [5, 5.41) is 0.